The van der Waals surface area contributed by atoms with Gasteiger partial charge in [-0.1, -0.05) is 0 Å². The third-order valence-corrected chi connectivity index (χ3v) is 16.3. The molecule has 7 heterocycles. The summed E-state index contributed by atoms with van der Waals surface area (Å²) >= 11 is 0. The minimum Gasteiger partial charge on any atom is -0.394 e. The van der Waals surface area contributed by atoms with Gasteiger partial charge in [-0.15, -0.1) is 0 Å². The molecule has 6 unspecified atom stereocenters. The van der Waals surface area contributed by atoms with Crippen molar-refractivity contribution in [2.75, 3.05) is 33.0 Å². The first-order chi connectivity index (χ1) is 41.7. The van der Waals surface area contributed by atoms with Gasteiger partial charge in [0, 0.05) is 20.8 Å². The van der Waals surface area contributed by atoms with Crippen LogP contribution in [0.4, 0.5) is 0 Å². The maximum Gasteiger partial charge on any atom is 0.397 e. The fourth-order valence-corrected chi connectivity index (χ4v) is 11.4. The average Bonchev–Trinajstić information content (AvgIpc) is 1.42. The van der Waals surface area contributed by atoms with Crippen LogP contribution in [0.3, 0.4) is 0 Å². The molecule has 516 valence electrons. The molecular formula is C48H81N3O37S. The van der Waals surface area contributed by atoms with Gasteiger partial charge >= 0.3 is 10.4 Å². The summed E-state index contributed by atoms with van der Waals surface area (Å²) in [6.07, 6.45) is -63.2. The van der Waals surface area contributed by atoms with Crippen LogP contribution in [0.5, 0.6) is 0 Å². The largest absolute Gasteiger partial charge is 0.397 e. The first-order valence-corrected chi connectivity index (χ1v) is 29.3. The zero-order chi connectivity index (χ0) is 66.0. The summed E-state index contributed by atoms with van der Waals surface area (Å²) in [6, 6.07) is -5.53. The lowest BCUT2D eigenvalue weighted by atomic mass is 9.94. The monoisotopic (exact) mass is 1320 g/mol. The molecule has 41 heteroatoms. The highest BCUT2D eigenvalue weighted by Gasteiger charge is 2.59. The van der Waals surface area contributed by atoms with Gasteiger partial charge in [0.05, 0.1) is 45.2 Å². The number of ether oxygens (including phenoxy) is 13. The van der Waals surface area contributed by atoms with Crippen LogP contribution in [-0.2, 0) is 90.5 Å². The molecular weight excluding hydrogens is 1240 g/mol. The maximum absolute atomic E-state index is 13.0. The van der Waals surface area contributed by atoms with E-state index in [2.05, 4.69) is 20.1 Å². The van der Waals surface area contributed by atoms with Crippen molar-refractivity contribution < 1.29 is 180 Å². The lowest BCUT2D eigenvalue weighted by Gasteiger charge is -2.51. The second-order valence-electron chi connectivity index (χ2n) is 22.3. The molecule has 35 atom stereocenters. The summed E-state index contributed by atoms with van der Waals surface area (Å²) in [5.41, 5.74) is 0. The molecule has 3 amide bonds. The predicted octanol–water partition coefficient (Wildman–Crippen LogP) is -14.0. The topological polar surface area (TPSA) is 615 Å². The van der Waals surface area contributed by atoms with Crippen LogP contribution in [0, 0.1) is 0 Å². The normalized spacial score (nSPS) is 48.3. The second-order valence-corrected chi connectivity index (χ2v) is 23.4. The summed E-state index contributed by atoms with van der Waals surface area (Å²) in [6.45, 7) is -0.0669. The van der Waals surface area contributed by atoms with Crippen molar-refractivity contribution in [2.45, 2.75) is 249 Å². The van der Waals surface area contributed by atoms with E-state index in [0.717, 1.165) is 20.8 Å². The van der Waals surface area contributed by atoms with Crippen molar-refractivity contribution in [3.05, 3.63) is 0 Å². The number of aliphatic hydroxyl groups excluding tert-OH is 17. The molecule has 7 saturated heterocycles. The van der Waals surface area contributed by atoms with Gasteiger partial charge in [-0.05, 0) is 13.8 Å². The predicted molar refractivity (Wildman–Crippen MR) is 274 cm³/mol. The molecule has 7 fully saturated rings. The van der Waals surface area contributed by atoms with Crippen LogP contribution in [0.25, 0.3) is 0 Å². The SMILES string of the molecule is CC(=O)N[C@@H]1[C@@H](OC2O[C@H](CO)[C@H](O)[C@H](OC3O[C@H](CO)[C@H](O)[C@H](O)[C@H]3NC(C)=O)[C@H]2OC2O[C@@H](C)[C@@H](O)[C@@H](O)[C@@H]2O)[C@@H](O)[C@@H](COC2O[C@H](COS(=O)(=O)O)[C@@H](O)[C@H](OC3O[C@H](CO)[C@H](O)[C@H](O)[C@H]3OC3O[C@@H](C)[C@@H](O)[C@@H](O)[C@@H]3O)[C@H]2NC(C)=O)O[C@@H]1O. The number of carbonyl (C=O) groups is 3. The molecule has 0 saturated carbocycles. The Hall–Kier alpha value is -2.92. The molecule has 7 rings (SSSR count). The second kappa shape index (κ2) is 31.1. The van der Waals surface area contributed by atoms with Gasteiger partial charge in [-0.2, -0.15) is 8.42 Å². The van der Waals surface area contributed by atoms with E-state index in [-0.39, 0.29) is 0 Å². The van der Waals surface area contributed by atoms with E-state index in [9.17, 15) is 114 Å². The zero-order valence-electron chi connectivity index (χ0n) is 48.0. The van der Waals surface area contributed by atoms with Crippen LogP contribution < -0.4 is 16.0 Å². The minimum atomic E-state index is -5.36. The number of amides is 3. The Kier molecular flexibility index (Phi) is 25.7. The van der Waals surface area contributed by atoms with Gasteiger partial charge in [0.15, 0.2) is 44.0 Å². The van der Waals surface area contributed by atoms with E-state index in [1.54, 1.807) is 0 Å². The molecule has 0 spiro atoms. The third kappa shape index (κ3) is 17.0. The van der Waals surface area contributed by atoms with Crippen molar-refractivity contribution in [3.8, 4) is 0 Å². The molecule has 89 heavy (non-hydrogen) atoms. The fourth-order valence-electron chi connectivity index (χ4n) is 11.1. The Morgan fingerprint density at radius 3 is 1.25 bits per heavy atom. The number of nitrogens with one attached hydrogen (secondary N) is 3. The minimum absolute atomic E-state index is 0.830. The number of aliphatic hydroxyl groups is 17. The number of carbonyl (C=O) groups excluding carboxylic acids is 3. The lowest BCUT2D eigenvalue weighted by molar-refractivity contribution is -0.397. The summed E-state index contributed by atoms with van der Waals surface area (Å²) in [7, 11) is -5.36. The number of rotatable bonds is 22. The highest BCUT2D eigenvalue weighted by molar-refractivity contribution is 7.80. The Morgan fingerprint density at radius 1 is 0.371 bits per heavy atom. The van der Waals surface area contributed by atoms with Crippen molar-refractivity contribution in [1.29, 1.82) is 0 Å². The van der Waals surface area contributed by atoms with E-state index in [0.29, 0.717) is 0 Å². The Bertz CT molecular complexity index is 2420. The van der Waals surface area contributed by atoms with Crippen LogP contribution >= 0.6 is 0 Å². The lowest BCUT2D eigenvalue weighted by Crippen LogP contribution is -2.71. The van der Waals surface area contributed by atoms with Gasteiger partial charge in [0.1, 0.15) is 159 Å². The highest BCUT2D eigenvalue weighted by Crippen LogP contribution is 2.38. The molecule has 0 aromatic carbocycles. The highest BCUT2D eigenvalue weighted by atomic mass is 32.3. The average molecular weight is 1320 g/mol. The molecule has 40 nitrogen and oxygen atoms in total. The molecule has 7 aliphatic heterocycles. The van der Waals surface area contributed by atoms with Gasteiger partial charge < -0.3 is 164 Å². The van der Waals surface area contributed by atoms with Crippen LogP contribution in [0.1, 0.15) is 34.6 Å². The van der Waals surface area contributed by atoms with Crippen molar-refractivity contribution in [2.24, 2.45) is 0 Å². The molecule has 0 aliphatic carbocycles. The van der Waals surface area contributed by atoms with Gasteiger partial charge in [0.2, 0.25) is 17.7 Å². The van der Waals surface area contributed by atoms with Gasteiger partial charge in [0.25, 0.3) is 0 Å². The van der Waals surface area contributed by atoms with E-state index >= 15 is 0 Å². The van der Waals surface area contributed by atoms with E-state index in [1.807, 2.05) is 0 Å². The Morgan fingerprint density at radius 2 is 0.753 bits per heavy atom. The Balaban J connectivity index is 1.23. The van der Waals surface area contributed by atoms with E-state index in [1.165, 1.54) is 13.8 Å². The third-order valence-electron chi connectivity index (χ3n) is 15.9. The molecule has 21 N–H and O–H groups in total. The molecule has 0 bridgehead atoms. The number of hydrogen-bond donors (Lipinski definition) is 21. The molecule has 0 aromatic heterocycles. The smallest absolute Gasteiger partial charge is 0.394 e. The quantitative estimate of drug-likeness (QED) is 0.0448. The summed E-state index contributed by atoms with van der Waals surface area (Å²) in [4.78, 5) is 38.2. The number of hydrogen-bond acceptors (Lipinski definition) is 36. The summed E-state index contributed by atoms with van der Waals surface area (Å²) < 4.78 is 114. The molecule has 7 aliphatic rings. The summed E-state index contributed by atoms with van der Waals surface area (Å²) in [5.74, 6) is -2.70. The van der Waals surface area contributed by atoms with Gasteiger partial charge in [-0.3, -0.25) is 18.9 Å². The fraction of sp³-hybridized carbons (Fsp3) is 0.938. The van der Waals surface area contributed by atoms with Crippen LogP contribution in [-0.4, -0.2) is 365 Å². The van der Waals surface area contributed by atoms with Gasteiger partial charge in [-0.25, -0.2) is 4.18 Å². The Labute approximate surface area is 505 Å². The first kappa shape index (κ1) is 73.5. The first-order valence-electron chi connectivity index (χ1n) is 28.0. The molecule has 0 radical (unpaired) electrons. The van der Waals surface area contributed by atoms with E-state index < -0.39 is 276 Å². The maximum atomic E-state index is 13.0. The van der Waals surface area contributed by atoms with Crippen molar-refractivity contribution in [3.63, 3.8) is 0 Å². The summed E-state index contributed by atoms with van der Waals surface area (Å²) in [5, 5.41) is 194. The van der Waals surface area contributed by atoms with Crippen LogP contribution in [0.2, 0.25) is 0 Å². The van der Waals surface area contributed by atoms with Crippen LogP contribution in [0.15, 0.2) is 0 Å². The van der Waals surface area contributed by atoms with E-state index in [4.69, 9.17) is 61.6 Å². The van der Waals surface area contributed by atoms with Crippen molar-refractivity contribution >= 4 is 28.1 Å². The molecule has 0 aromatic rings. The van der Waals surface area contributed by atoms with Crippen molar-refractivity contribution in [1.82, 2.24) is 16.0 Å². The standard InChI is InChI=1S/C48H81N3O37S/c1-11-24(58)32(66)35(69)45(77-11)87-40-34(68)27(61)17(7-53)81-47(40)85-38-23(51-15(5)57)43(83-20(30(38)64)10-76-89(72,73)74)75-9-19-29(63)37(22(42(71)79-19)50-14(4)56)84-48-41(88-46-36(70)33(67)25(59)12(2)78-46)39(28(62)18(8-54)82-48)86-44-21(49-13(3)55)31(65)26(60)16(6-52)80-44/h11-12,16-48,52-54,58-71H,6-10H2,1-5H3,(H,49,55)(H,50,56)(H,51,57)(H,72,73,74)/t11-,12-,16+,17+,18+,19+,20+,21+,22+,23+,24+,25+,26-,27-,28-,29-,30+,31+,32+,33+,34-,35-,36-,37+,38+,39-,40+,41+,42-,43?,44?,45?,46?,47?,48?/m0/s1. The zero-order valence-corrected chi connectivity index (χ0v) is 48.8.